The largest absolute Gasteiger partial charge is 0.301 e. The molecule has 0 amide bonds. The number of hydrogen-bond acceptors (Lipinski definition) is 3. The Morgan fingerprint density at radius 2 is 1.53 bits per heavy atom. The van der Waals surface area contributed by atoms with Gasteiger partial charge in [0.05, 0.1) is 0 Å². The van der Waals surface area contributed by atoms with Crippen molar-refractivity contribution in [1.29, 1.82) is 0 Å². The quantitative estimate of drug-likeness (QED) is 0.773. The number of fused-ring (bicyclic) bond motifs is 2. The Hall–Kier alpha value is -0.120. The lowest BCUT2D eigenvalue weighted by Gasteiger charge is -2.46. The van der Waals surface area contributed by atoms with E-state index in [9.17, 15) is 0 Å². The maximum absolute atomic E-state index is 2.83. The van der Waals surface area contributed by atoms with Gasteiger partial charge in [-0.05, 0) is 59.2 Å². The summed E-state index contributed by atoms with van der Waals surface area (Å²) in [6.45, 7) is 10.0. The van der Waals surface area contributed by atoms with Crippen LogP contribution >= 0.6 is 0 Å². The predicted molar refractivity (Wildman–Crippen MR) is 80.5 cm³/mol. The molecular formula is C16H31N3. The third kappa shape index (κ3) is 2.70. The fourth-order valence-corrected chi connectivity index (χ4v) is 4.39. The highest BCUT2D eigenvalue weighted by molar-refractivity contribution is 4.96. The van der Waals surface area contributed by atoms with Gasteiger partial charge >= 0.3 is 0 Å². The Bertz CT molecular complexity index is 284. The summed E-state index contributed by atoms with van der Waals surface area (Å²) in [4.78, 5) is 8.17. The second kappa shape index (κ2) is 5.71. The molecule has 0 spiro atoms. The lowest BCUT2D eigenvalue weighted by Crippen LogP contribution is -2.57. The van der Waals surface area contributed by atoms with Gasteiger partial charge in [-0.25, -0.2) is 0 Å². The van der Waals surface area contributed by atoms with Crippen LogP contribution in [0.5, 0.6) is 0 Å². The molecule has 3 aliphatic rings. The Balaban J connectivity index is 1.52. The molecule has 0 saturated carbocycles. The molecule has 0 aromatic rings. The van der Waals surface area contributed by atoms with E-state index in [-0.39, 0.29) is 0 Å². The van der Waals surface area contributed by atoms with Gasteiger partial charge in [0.1, 0.15) is 0 Å². The molecule has 3 heterocycles. The number of likely N-dealkylation sites (tertiary alicyclic amines) is 2. The van der Waals surface area contributed by atoms with E-state index in [1.165, 1.54) is 58.3 Å². The molecule has 0 aliphatic carbocycles. The van der Waals surface area contributed by atoms with E-state index in [2.05, 4.69) is 35.6 Å². The van der Waals surface area contributed by atoms with E-state index in [0.717, 1.165) is 24.2 Å². The number of rotatable bonds is 3. The molecule has 0 N–H and O–H groups in total. The summed E-state index contributed by atoms with van der Waals surface area (Å²) >= 11 is 0. The van der Waals surface area contributed by atoms with Crippen molar-refractivity contribution in [2.24, 2.45) is 0 Å². The van der Waals surface area contributed by atoms with E-state index < -0.39 is 0 Å². The third-order valence-corrected chi connectivity index (χ3v) is 6.11. The molecule has 3 rings (SSSR count). The molecule has 19 heavy (non-hydrogen) atoms. The van der Waals surface area contributed by atoms with Gasteiger partial charge in [0.25, 0.3) is 0 Å². The molecule has 3 atom stereocenters. The molecule has 3 nitrogen and oxygen atoms in total. The van der Waals surface area contributed by atoms with Crippen molar-refractivity contribution >= 4 is 0 Å². The molecule has 3 unspecified atom stereocenters. The van der Waals surface area contributed by atoms with Crippen LogP contribution in [0.3, 0.4) is 0 Å². The van der Waals surface area contributed by atoms with Gasteiger partial charge in [0.2, 0.25) is 0 Å². The summed E-state index contributed by atoms with van der Waals surface area (Å²) in [5.41, 5.74) is 0. The first kappa shape index (κ1) is 13.8. The fraction of sp³-hybridized carbons (Fsp3) is 1.00. The standard InChI is InChI=1S/C16H31N3/c1-4-13(2)18-9-7-14(8-10-18)19-11-15-5-6-16(12-19)17(15)3/h13-16H,4-12H2,1-3H3. The van der Waals surface area contributed by atoms with Gasteiger partial charge in [-0.1, -0.05) is 6.92 Å². The maximum atomic E-state index is 2.83. The highest BCUT2D eigenvalue weighted by Gasteiger charge is 2.40. The van der Waals surface area contributed by atoms with Crippen molar-refractivity contribution in [2.75, 3.05) is 33.2 Å². The second-order valence-corrected chi connectivity index (χ2v) is 7.03. The summed E-state index contributed by atoms with van der Waals surface area (Å²) in [5.74, 6) is 0. The Morgan fingerprint density at radius 3 is 2.05 bits per heavy atom. The highest BCUT2D eigenvalue weighted by atomic mass is 15.3. The molecule has 3 saturated heterocycles. The minimum absolute atomic E-state index is 0.782. The van der Waals surface area contributed by atoms with Gasteiger partial charge < -0.3 is 4.90 Å². The number of nitrogens with zero attached hydrogens (tertiary/aromatic N) is 3. The van der Waals surface area contributed by atoms with Crippen LogP contribution in [-0.4, -0.2) is 72.1 Å². The lowest BCUT2D eigenvalue weighted by atomic mass is 9.99. The first-order chi connectivity index (χ1) is 9.19. The van der Waals surface area contributed by atoms with Gasteiger partial charge in [-0.2, -0.15) is 0 Å². The molecular weight excluding hydrogens is 234 g/mol. The highest BCUT2D eigenvalue weighted by Crippen LogP contribution is 2.31. The first-order valence-corrected chi connectivity index (χ1v) is 8.39. The summed E-state index contributed by atoms with van der Waals surface area (Å²) in [5, 5.41) is 0. The van der Waals surface area contributed by atoms with Gasteiger partial charge in [-0.3, -0.25) is 9.80 Å². The Labute approximate surface area is 118 Å². The van der Waals surface area contributed by atoms with Gasteiger partial charge in [0, 0.05) is 37.3 Å². The third-order valence-electron chi connectivity index (χ3n) is 6.11. The Kier molecular flexibility index (Phi) is 4.16. The van der Waals surface area contributed by atoms with E-state index in [4.69, 9.17) is 0 Å². The van der Waals surface area contributed by atoms with Crippen LogP contribution in [0.25, 0.3) is 0 Å². The summed E-state index contributed by atoms with van der Waals surface area (Å²) < 4.78 is 0. The van der Waals surface area contributed by atoms with Crippen molar-refractivity contribution in [1.82, 2.24) is 14.7 Å². The Morgan fingerprint density at radius 1 is 0.947 bits per heavy atom. The van der Waals surface area contributed by atoms with Gasteiger partial charge in [0.15, 0.2) is 0 Å². The average Bonchev–Trinajstić information content (AvgIpc) is 2.68. The fourth-order valence-electron chi connectivity index (χ4n) is 4.39. The number of hydrogen-bond donors (Lipinski definition) is 0. The first-order valence-electron chi connectivity index (χ1n) is 8.39. The molecule has 0 radical (unpaired) electrons. The number of piperazine rings is 1. The van der Waals surface area contributed by atoms with Crippen LogP contribution in [0.1, 0.15) is 46.0 Å². The van der Waals surface area contributed by atoms with E-state index in [1.54, 1.807) is 0 Å². The SMILES string of the molecule is CCC(C)N1CCC(N2CC3CCC(C2)N3C)CC1. The molecule has 3 heteroatoms. The van der Waals surface area contributed by atoms with Crippen LogP contribution in [0, 0.1) is 0 Å². The number of likely N-dealkylation sites (N-methyl/N-ethyl adjacent to an activating group) is 1. The van der Waals surface area contributed by atoms with E-state index in [0.29, 0.717) is 0 Å². The zero-order chi connectivity index (χ0) is 13.4. The molecule has 2 bridgehead atoms. The average molecular weight is 265 g/mol. The second-order valence-electron chi connectivity index (χ2n) is 7.03. The maximum Gasteiger partial charge on any atom is 0.0224 e. The van der Waals surface area contributed by atoms with Crippen LogP contribution < -0.4 is 0 Å². The topological polar surface area (TPSA) is 9.72 Å². The van der Waals surface area contributed by atoms with Crippen LogP contribution in [0.2, 0.25) is 0 Å². The zero-order valence-electron chi connectivity index (χ0n) is 13.0. The normalized spacial score (nSPS) is 36.8. The summed E-state index contributed by atoms with van der Waals surface area (Å²) in [6.07, 6.45) is 6.96. The van der Waals surface area contributed by atoms with Crippen LogP contribution in [-0.2, 0) is 0 Å². The molecule has 110 valence electrons. The summed E-state index contributed by atoms with van der Waals surface area (Å²) in [7, 11) is 2.34. The molecule has 0 aromatic carbocycles. The van der Waals surface area contributed by atoms with Crippen molar-refractivity contribution in [2.45, 2.75) is 70.1 Å². The minimum atomic E-state index is 0.782. The zero-order valence-corrected chi connectivity index (χ0v) is 13.0. The van der Waals surface area contributed by atoms with Crippen molar-refractivity contribution in [3.8, 4) is 0 Å². The van der Waals surface area contributed by atoms with Crippen LogP contribution in [0.4, 0.5) is 0 Å². The van der Waals surface area contributed by atoms with E-state index in [1.807, 2.05) is 0 Å². The van der Waals surface area contributed by atoms with E-state index >= 15 is 0 Å². The lowest BCUT2D eigenvalue weighted by molar-refractivity contribution is 0.0252. The van der Waals surface area contributed by atoms with Crippen molar-refractivity contribution < 1.29 is 0 Å². The smallest absolute Gasteiger partial charge is 0.0224 e. The molecule has 0 aromatic heterocycles. The van der Waals surface area contributed by atoms with Gasteiger partial charge in [-0.15, -0.1) is 0 Å². The predicted octanol–water partition coefficient (Wildman–Crippen LogP) is 2.03. The molecule has 3 fully saturated rings. The number of piperidine rings is 1. The van der Waals surface area contributed by atoms with Crippen molar-refractivity contribution in [3.05, 3.63) is 0 Å². The monoisotopic (exact) mass is 265 g/mol. The van der Waals surface area contributed by atoms with Crippen molar-refractivity contribution in [3.63, 3.8) is 0 Å². The van der Waals surface area contributed by atoms with Crippen LogP contribution in [0.15, 0.2) is 0 Å². The molecule has 3 aliphatic heterocycles. The summed E-state index contributed by atoms with van der Waals surface area (Å²) in [6, 6.07) is 3.36. The minimum Gasteiger partial charge on any atom is -0.301 e.